The number of fused-ring (bicyclic) bond motifs is 2. The molecule has 9 heteroatoms. The number of aromatic nitrogens is 1. The molecule has 0 aliphatic rings. The van der Waals surface area contributed by atoms with Gasteiger partial charge in [0.25, 0.3) is 5.91 Å². The fourth-order valence-corrected chi connectivity index (χ4v) is 4.68. The number of aryl methyl sites for hydroxylation is 1. The lowest BCUT2D eigenvalue weighted by molar-refractivity contribution is -0.118. The number of hydrogen-bond donors (Lipinski definition) is 1. The maximum atomic E-state index is 13.2. The highest BCUT2D eigenvalue weighted by Crippen LogP contribution is 2.31. The van der Waals surface area contributed by atoms with Crippen molar-refractivity contribution >= 4 is 49.5 Å². The van der Waals surface area contributed by atoms with Crippen molar-refractivity contribution in [3.05, 3.63) is 88.1 Å². The first kappa shape index (κ1) is 24.2. The van der Waals surface area contributed by atoms with Gasteiger partial charge in [0.1, 0.15) is 5.58 Å². The second kappa shape index (κ2) is 10.2. The third-order valence-electron chi connectivity index (χ3n) is 5.56. The average Bonchev–Trinajstić information content (AvgIpc) is 3.30. The molecule has 0 radical (unpaired) electrons. The second-order valence-electron chi connectivity index (χ2n) is 8.21. The molecule has 0 aliphatic heterocycles. The number of benzene rings is 3. The Morgan fingerprint density at radius 2 is 1.84 bits per heavy atom. The van der Waals surface area contributed by atoms with Crippen LogP contribution in [0.3, 0.4) is 0 Å². The van der Waals surface area contributed by atoms with E-state index in [0.29, 0.717) is 32.7 Å². The highest BCUT2D eigenvalue weighted by molar-refractivity contribution is 7.22. The summed E-state index contributed by atoms with van der Waals surface area (Å²) in [5.41, 5.74) is 2.82. The molecule has 186 valence electrons. The average molecular weight is 515 g/mol. The zero-order valence-electron chi connectivity index (χ0n) is 20.1. The number of carbonyl (C=O) groups is 2. The van der Waals surface area contributed by atoms with E-state index in [0.717, 1.165) is 10.3 Å². The number of anilines is 1. The standard InChI is InChI=1S/C28H22N2O6S/c1-3-34-27(33)18-12-13-20-22(14-18)37-28(29-20)30-23(31)15-35-26-24(32)19-6-4-5-7-21(19)36-25(26)17-10-8-16(2)9-11-17/h4-14H,3,15H2,1-2H3,(H,29,30,31). The highest BCUT2D eigenvalue weighted by Gasteiger charge is 2.19. The van der Waals surface area contributed by atoms with Crippen molar-refractivity contribution in [2.75, 3.05) is 18.5 Å². The zero-order valence-corrected chi connectivity index (χ0v) is 20.9. The molecule has 1 amide bonds. The molecule has 0 spiro atoms. The minimum absolute atomic E-state index is 0.0407. The van der Waals surface area contributed by atoms with E-state index in [-0.39, 0.29) is 23.5 Å². The van der Waals surface area contributed by atoms with Crippen LogP contribution >= 0.6 is 11.3 Å². The molecular formula is C28H22N2O6S. The van der Waals surface area contributed by atoms with Gasteiger partial charge in [-0.15, -0.1) is 0 Å². The molecule has 3 aromatic carbocycles. The number of thiazole rings is 1. The minimum atomic E-state index is -0.493. The molecule has 0 fully saturated rings. The lowest BCUT2D eigenvalue weighted by Crippen LogP contribution is -2.22. The van der Waals surface area contributed by atoms with Crippen molar-refractivity contribution in [1.82, 2.24) is 4.98 Å². The van der Waals surface area contributed by atoms with Crippen LogP contribution in [0, 0.1) is 6.92 Å². The first-order valence-corrected chi connectivity index (χ1v) is 12.4. The fraction of sp³-hybridized carbons (Fsp3) is 0.143. The first-order chi connectivity index (χ1) is 17.9. The Kier molecular flexibility index (Phi) is 6.70. The summed E-state index contributed by atoms with van der Waals surface area (Å²) in [4.78, 5) is 42.3. The van der Waals surface area contributed by atoms with Gasteiger partial charge in [-0.3, -0.25) is 14.9 Å². The molecule has 37 heavy (non-hydrogen) atoms. The summed E-state index contributed by atoms with van der Waals surface area (Å²) in [5, 5.41) is 3.39. The van der Waals surface area contributed by atoms with Crippen molar-refractivity contribution < 1.29 is 23.5 Å². The summed E-state index contributed by atoms with van der Waals surface area (Å²) in [6.45, 7) is 3.56. The van der Waals surface area contributed by atoms with Crippen molar-refractivity contribution in [3.63, 3.8) is 0 Å². The molecule has 0 atom stereocenters. The van der Waals surface area contributed by atoms with E-state index in [9.17, 15) is 14.4 Å². The molecule has 0 saturated carbocycles. The zero-order chi connectivity index (χ0) is 25.9. The fourth-order valence-electron chi connectivity index (χ4n) is 3.76. The van der Waals surface area contributed by atoms with Crippen molar-refractivity contribution in [1.29, 1.82) is 0 Å². The van der Waals surface area contributed by atoms with Crippen LogP contribution in [0.4, 0.5) is 5.13 Å². The Morgan fingerprint density at radius 1 is 1.05 bits per heavy atom. The van der Waals surface area contributed by atoms with Crippen LogP contribution in [0.5, 0.6) is 5.75 Å². The van der Waals surface area contributed by atoms with E-state index in [1.54, 1.807) is 49.4 Å². The summed E-state index contributed by atoms with van der Waals surface area (Å²) in [7, 11) is 0. The Balaban J connectivity index is 1.38. The summed E-state index contributed by atoms with van der Waals surface area (Å²) in [5.74, 6) is -0.702. The summed E-state index contributed by atoms with van der Waals surface area (Å²) in [6, 6.07) is 19.4. The third-order valence-corrected chi connectivity index (χ3v) is 6.50. The minimum Gasteiger partial charge on any atom is -0.476 e. The molecular weight excluding hydrogens is 492 g/mol. The van der Waals surface area contributed by atoms with Crippen LogP contribution in [-0.2, 0) is 9.53 Å². The number of esters is 1. The molecule has 0 unspecified atom stereocenters. The van der Waals surface area contributed by atoms with Gasteiger partial charge < -0.3 is 13.9 Å². The Morgan fingerprint density at radius 3 is 2.62 bits per heavy atom. The Hall–Kier alpha value is -4.50. The van der Waals surface area contributed by atoms with Crippen LogP contribution in [-0.4, -0.2) is 30.1 Å². The topological polar surface area (TPSA) is 108 Å². The van der Waals surface area contributed by atoms with Gasteiger partial charge in [0.2, 0.25) is 11.2 Å². The van der Waals surface area contributed by atoms with Gasteiger partial charge in [0, 0.05) is 5.56 Å². The van der Waals surface area contributed by atoms with Gasteiger partial charge in [0.05, 0.1) is 27.8 Å². The van der Waals surface area contributed by atoms with Gasteiger partial charge in [-0.25, -0.2) is 9.78 Å². The lowest BCUT2D eigenvalue weighted by Gasteiger charge is -2.11. The molecule has 1 N–H and O–H groups in total. The van der Waals surface area contributed by atoms with Crippen molar-refractivity contribution in [2.45, 2.75) is 13.8 Å². The number of ether oxygens (including phenoxy) is 2. The number of amides is 1. The first-order valence-electron chi connectivity index (χ1n) is 11.6. The van der Waals surface area contributed by atoms with Crippen LogP contribution < -0.4 is 15.5 Å². The molecule has 5 aromatic rings. The molecule has 0 aliphatic carbocycles. The maximum Gasteiger partial charge on any atom is 0.338 e. The summed E-state index contributed by atoms with van der Waals surface area (Å²) < 4.78 is 17.5. The van der Waals surface area contributed by atoms with Crippen LogP contribution in [0.25, 0.3) is 32.5 Å². The van der Waals surface area contributed by atoms with Crippen LogP contribution in [0.1, 0.15) is 22.8 Å². The van der Waals surface area contributed by atoms with Gasteiger partial charge in [-0.2, -0.15) is 0 Å². The molecule has 8 nitrogen and oxygen atoms in total. The Labute approximate surface area is 215 Å². The van der Waals surface area contributed by atoms with E-state index >= 15 is 0 Å². The van der Waals surface area contributed by atoms with E-state index in [1.165, 1.54) is 11.3 Å². The van der Waals surface area contributed by atoms with Gasteiger partial charge in [-0.1, -0.05) is 53.3 Å². The van der Waals surface area contributed by atoms with E-state index in [2.05, 4.69) is 10.3 Å². The SMILES string of the molecule is CCOC(=O)c1ccc2nc(NC(=O)COc3c(-c4ccc(C)cc4)oc4ccccc4c3=O)sc2c1. The maximum absolute atomic E-state index is 13.2. The lowest BCUT2D eigenvalue weighted by atomic mass is 10.1. The smallest absolute Gasteiger partial charge is 0.338 e. The number of hydrogen-bond acceptors (Lipinski definition) is 8. The van der Waals surface area contributed by atoms with E-state index in [1.807, 2.05) is 31.2 Å². The molecule has 5 rings (SSSR count). The molecule has 2 aromatic heterocycles. The van der Waals surface area contributed by atoms with Crippen molar-refractivity contribution in [2.24, 2.45) is 0 Å². The number of carbonyl (C=O) groups excluding carboxylic acids is 2. The number of rotatable bonds is 7. The largest absolute Gasteiger partial charge is 0.476 e. The highest BCUT2D eigenvalue weighted by atomic mass is 32.1. The quantitative estimate of drug-likeness (QED) is 0.283. The predicted molar refractivity (Wildman–Crippen MR) is 142 cm³/mol. The van der Waals surface area contributed by atoms with Gasteiger partial charge in [-0.05, 0) is 44.2 Å². The number of nitrogens with one attached hydrogen (secondary N) is 1. The summed E-state index contributed by atoms with van der Waals surface area (Å²) >= 11 is 1.22. The molecule has 0 bridgehead atoms. The van der Waals surface area contributed by atoms with Crippen LogP contribution in [0.2, 0.25) is 0 Å². The normalized spacial score (nSPS) is 11.0. The predicted octanol–water partition coefficient (Wildman–Crippen LogP) is 5.57. The second-order valence-corrected chi connectivity index (χ2v) is 9.24. The van der Waals surface area contributed by atoms with Gasteiger partial charge in [0.15, 0.2) is 17.5 Å². The third kappa shape index (κ3) is 5.07. The monoisotopic (exact) mass is 514 g/mol. The number of nitrogens with zero attached hydrogens (tertiary/aromatic N) is 1. The van der Waals surface area contributed by atoms with E-state index < -0.39 is 18.5 Å². The van der Waals surface area contributed by atoms with Crippen molar-refractivity contribution in [3.8, 4) is 17.1 Å². The number of para-hydroxylation sites is 1. The Bertz CT molecular complexity index is 1690. The molecule has 0 saturated heterocycles. The molecule has 2 heterocycles. The van der Waals surface area contributed by atoms with Crippen LogP contribution in [0.15, 0.2) is 75.9 Å². The van der Waals surface area contributed by atoms with Gasteiger partial charge >= 0.3 is 5.97 Å². The van der Waals surface area contributed by atoms with E-state index in [4.69, 9.17) is 13.9 Å². The summed E-state index contributed by atoms with van der Waals surface area (Å²) in [6.07, 6.45) is 0.